The molecular formula is C7H8BrN3O3. The number of azide groups is 1. The fraction of sp³-hybridized carbons (Fsp3) is 0.429. The van der Waals surface area contributed by atoms with E-state index in [4.69, 9.17) is 9.95 Å². The second-order valence-corrected chi connectivity index (χ2v) is 3.41. The lowest BCUT2D eigenvalue weighted by atomic mass is 10.1. The van der Waals surface area contributed by atoms with Crippen LogP contribution >= 0.6 is 15.9 Å². The zero-order chi connectivity index (χ0) is 10.6. The van der Waals surface area contributed by atoms with E-state index >= 15 is 0 Å². The molecule has 0 bridgehead atoms. The minimum atomic E-state index is -1.20. The molecule has 0 aromatic carbocycles. The SMILES string of the molecule is [N-]=[N+]=NCC(O)C(O)c1occc1Br. The molecule has 7 heteroatoms. The van der Waals surface area contributed by atoms with Gasteiger partial charge in [-0.05, 0) is 27.5 Å². The van der Waals surface area contributed by atoms with E-state index < -0.39 is 12.2 Å². The highest BCUT2D eigenvalue weighted by Gasteiger charge is 2.22. The molecule has 0 aliphatic rings. The van der Waals surface area contributed by atoms with Crippen LogP contribution in [0.4, 0.5) is 0 Å². The average Bonchev–Trinajstić information content (AvgIpc) is 2.59. The van der Waals surface area contributed by atoms with Crippen LogP contribution in [0.5, 0.6) is 0 Å². The summed E-state index contributed by atoms with van der Waals surface area (Å²) in [7, 11) is 0. The third-order valence-electron chi connectivity index (χ3n) is 1.61. The summed E-state index contributed by atoms with van der Waals surface area (Å²) < 4.78 is 5.50. The molecule has 0 aliphatic carbocycles. The second kappa shape index (κ2) is 5.02. The number of hydrogen-bond acceptors (Lipinski definition) is 4. The lowest BCUT2D eigenvalue weighted by molar-refractivity contribution is 0.0107. The van der Waals surface area contributed by atoms with Crippen LogP contribution in [-0.4, -0.2) is 22.9 Å². The quantitative estimate of drug-likeness (QED) is 0.490. The van der Waals surface area contributed by atoms with Gasteiger partial charge in [-0.3, -0.25) is 0 Å². The van der Waals surface area contributed by atoms with Crippen molar-refractivity contribution in [2.75, 3.05) is 6.54 Å². The molecule has 0 radical (unpaired) electrons. The van der Waals surface area contributed by atoms with Crippen molar-refractivity contribution in [2.45, 2.75) is 12.2 Å². The van der Waals surface area contributed by atoms with Crippen LogP contribution in [-0.2, 0) is 0 Å². The van der Waals surface area contributed by atoms with E-state index in [9.17, 15) is 10.2 Å². The van der Waals surface area contributed by atoms with E-state index in [-0.39, 0.29) is 12.3 Å². The molecule has 1 rings (SSSR count). The molecule has 1 heterocycles. The first-order chi connectivity index (χ1) is 6.66. The van der Waals surface area contributed by atoms with E-state index in [0.29, 0.717) is 4.47 Å². The Labute approximate surface area is 87.9 Å². The summed E-state index contributed by atoms with van der Waals surface area (Å²) in [6.07, 6.45) is -0.999. The summed E-state index contributed by atoms with van der Waals surface area (Å²) in [5.74, 6) is 0.214. The molecule has 0 aliphatic heterocycles. The third-order valence-corrected chi connectivity index (χ3v) is 2.26. The molecule has 2 N–H and O–H groups in total. The Morgan fingerprint density at radius 2 is 2.36 bits per heavy atom. The zero-order valence-corrected chi connectivity index (χ0v) is 8.62. The van der Waals surface area contributed by atoms with Crippen molar-refractivity contribution >= 4 is 15.9 Å². The second-order valence-electron chi connectivity index (χ2n) is 2.56. The highest BCUT2D eigenvalue weighted by molar-refractivity contribution is 9.10. The summed E-state index contributed by atoms with van der Waals surface area (Å²) in [5.41, 5.74) is 8.01. The highest BCUT2D eigenvalue weighted by Crippen LogP contribution is 2.26. The maximum atomic E-state index is 9.53. The van der Waals surface area contributed by atoms with Gasteiger partial charge in [0.05, 0.1) is 23.4 Å². The number of furan rings is 1. The predicted octanol–water partition coefficient (Wildman–Crippen LogP) is 1.75. The van der Waals surface area contributed by atoms with E-state index in [2.05, 4.69) is 26.0 Å². The molecule has 1 aromatic rings. The van der Waals surface area contributed by atoms with Gasteiger partial charge in [0.2, 0.25) is 0 Å². The van der Waals surface area contributed by atoms with Gasteiger partial charge in [0, 0.05) is 4.91 Å². The van der Waals surface area contributed by atoms with E-state index in [1.54, 1.807) is 6.07 Å². The lowest BCUT2D eigenvalue weighted by Crippen LogP contribution is -2.20. The van der Waals surface area contributed by atoms with E-state index in [1.165, 1.54) is 6.26 Å². The number of hydrogen-bond donors (Lipinski definition) is 2. The van der Waals surface area contributed by atoms with Crippen molar-refractivity contribution < 1.29 is 14.6 Å². The minimum Gasteiger partial charge on any atom is -0.465 e. The van der Waals surface area contributed by atoms with Crippen LogP contribution in [0.2, 0.25) is 0 Å². The predicted molar refractivity (Wildman–Crippen MR) is 51.4 cm³/mol. The van der Waals surface area contributed by atoms with Gasteiger partial charge < -0.3 is 14.6 Å². The third kappa shape index (κ3) is 2.49. The molecule has 2 unspecified atom stereocenters. The Bertz CT molecular complexity index is 348. The van der Waals surface area contributed by atoms with Crippen molar-refractivity contribution in [1.82, 2.24) is 0 Å². The van der Waals surface area contributed by atoms with Gasteiger partial charge in [0.25, 0.3) is 0 Å². The average molecular weight is 262 g/mol. The van der Waals surface area contributed by atoms with Crippen LogP contribution in [0.1, 0.15) is 11.9 Å². The first kappa shape index (κ1) is 11.1. The molecule has 0 amide bonds. The van der Waals surface area contributed by atoms with Crippen LogP contribution in [0.25, 0.3) is 10.4 Å². The van der Waals surface area contributed by atoms with Gasteiger partial charge in [-0.15, -0.1) is 0 Å². The maximum absolute atomic E-state index is 9.53. The monoisotopic (exact) mass is 261 g/mol. The smallest absolute Gasteiger partial charge is 0.149 e. The van der Waals surface area contributed by atoms with Crippen molar-refractivity contribution in [3.63, 3.8) is 0 Å². The van der Waals surface area contributed by atoms with Gasteiger partial charge in [0.1, 0.15) is 11.9 Å². The summed E-state index contributed by atoms with van der Waals surface area (Å²) in [4.78, 5) is 2.47. The zero-order valence-electron chi connectivity index (χ0n) is 7.04. The van der Waals surface area contributed by atoms with E-state index in [0.717, 1.165) is 0 Å². The summed E-state index contributed by atoms with van der Waals surface area (Å²) in [6, 6.07) is 1.60. The number of aliphatic hydroxyl groups is 2. The molecule has 0 spiro atoms. The van der Waals surface area contributed by atoms with Crippen LogP contribution in [0.3, 0.4) is 0 Å². The van der Waals surface area contributed by atoms with Gasteiger partial charge >= 0.3 is 0 Å². The van der Waals surface area contributed by atoms with Crippen molar-refractivity contribution in [3.05, 3.63) is 33.0 Å². The fourth-order valence-corrected chi connectivity index (χ4v) is 1.35. The Morgan fingerprint density at radius 1 is 1.64 bits per heavy atom. The van der Waals surface area contributed by atoms with Crippen LogP contribution < -0.4 is 0 Å². The lowest BCUT2D eigenvalue weighted by Gasteiger charge is -2.13. The van der Waals surface area contributed by atoms with Crippen molar-refractivity contribution in [3.8, 4) is 0 Å². The van der Waals surface area contributed by atoms with Gasteiger partial charge in [-0.1, -0.05) is 5.11 Å². The Balaban J connectivity index is 2.69. The number of halogens is 1. The first-order valence-corrected chi connectivity index (χ1v) is 4.56. The van der Waals surface area contributed by atoms with Crippen molar-refractivity contribution in [1.29, 1.82) is 0 Å². The maximum Gasteiger partial charge on any atom is 0.149 e. The standard InChI is InChI=1S/C7H8BrN3O3/c8-4-1-2-14-7(4)6(13)5(12)3-10-11-9/h1-2,5-6,12-13H,3H2. The molecule has 14 heavy (non-hydrogen) atoms. The number of aliphatic hydroxyl groups excluding tert-OH is 2. The minimum absolute atomic E-state index is 0.204. The Kier molecular flexibility index (Phi) is 3.97. The fourth-order valence-electron chi connectivity index (χ4n) is 0.911. The van der Waals surface area contributed by atoms with Gasteiger partial charge in [-0.25, -0.2) is 0 Å². The normalized spacial score (nSPS) is 14.5. The summed E-state index contributed by atoms with van der Waals surface area (Å²) in [6.45, 7) is -0.204. The molecule has 0 saturated heterocycles. The van der Waals surface area contributed by atoms with E-state index in [1.807, 2.05) is 0 Å². The van der Waals surface area contributed by atoms with Crippen molar-refractivity contribution in [2.24, 2.45) is 5.11 Å². The molecule has 0 saturated carbocycles. The molecule has 6 nitrogen and oxygen atoms in total. The summed E-state index contributed by atoms with van der Waals surface area (Å²) >= 11 is 3.14. The Hall–Kier alpha value is -1.01. The first-order valence-electron chi connectivity index (χ1n) is 3.76. The largest absolute Gasteiger partial charge is 0.465 e. The van der Waals surface area contributed by atoms with Gasteiger partial charge in [-0.2, -0.15) is 0 Å². The highest BCUT2D eigenvalue weighted by atomic mass is 79.9. The van der Waals surface area contributed by atoms with Crippen LogP contribution in [0.15, 0.2) is 26.3 Å². The Morgan fingerprint density at radius 3 is 2.86 bits per heavy atom. The number of nitrogens with zero attached hydrogens (tertiary/aromatic N) is 3. The number of rotatable bonds is 4. The molecule has 76 valence electrons. The summed E-state index contributed by atoms with van der Waals surface area (Å²) in [5, 5.41) is 22.0. The topological polar surface area (TPSA) is 102 Å². The molecule has 0 fully saturated rings. The van der Waals surface area contributed by atoms with Crippen LogP contribution in [0, 0.1) is 0 Å². The molecule has 1 aromatic heterocycles. The molecular weight excluding hydrogens is 254 g/mol. The van der Waals surface area contributed by atoms with Gasteiger partial charge in [0.15, 0.2) is 0 Å². The molecule has 2 atom stereocenters.